The predicted octanol–water partition coefficient (Wildman–Crippen LogP) is 3.21. The Morgan fingerprint density at radius 3 is 2.39 bits per heavy atom. The first kappa shape index (κ1) is 21.9. The van der Waals surface area contributed by atoms with Gasteiger partial charge in [0.1, 0.15) is 5.76 Å². The lowest BCUT2D eigenvalue weighted by Crippen LogP contribution is -2.29. The lowest BCUT2D eigenvalue weighted by molar-refractivity contribution is -0.142. The molecule has 1 aromatic carbocycles. The first-order valence-corrected chi connectivity index (χ1v) is 10.4. The van der Waals surface area contributed by atoms with E-state index in [1.54, 1.807) is 67.8 Å². The van der Waals surface area contributed by atoms with E-state index in [0.717, 1.165) is 0 Å². The average molecular weight is 443 g/mol. The van der Waals surface area contributed by atoms with E-state index in [4.69, 9.17) is 4.74 Å². The van der Waals surface area contributed by atoms with Gasteiger partial charge in [0.05, 0.1) is 24.6 Å². The SMILES string of the molecule is CCOC(=O)Cc1ccc(N2C(=O)C(=O)/C(=C(\O)c3ccncc3)C2c2cccnc2)cc1. The van der Waals surface area contributed by atoms with Crippen LogP contribution in [0.3, 0.4) is 0 Å². The lowest BCUT2D eigenvalue weighted by Gasteiger charge is -2.25. The molecule has 0 spiro atoms. The van der Waals surface area contributed by atoms with Gasteiger partial charge in [0.25, 0.3) is 11.7 Å². The first-order chi connectivity index (χ1) is 16.0. The van der Waals surface area contributed by atoms with E-state index in [1.165, 1.54) is 17.3 Å². The Morgan fingerprint density at radius 1 is 1.03 bits per heavy atom. The molecule has 166 valence electrons. The fourth-order valence-corrected chi connectivity index (χ4v) is 3.77. The van der Waals surface area contributed by atoms with Crippen molar-refractivity contribution >= 4 is 29.1 Å². The number of aromatic nitrogens is 2. The van der Waals surface area contributed by atoms with Crippen LogP contribution in [0.25, 0.3) is 5.76 Å². The van der Waals surface area contributed by atoms with Crippen molar-refractivity contribution in [3.8, 4) is 0 Å². The van der Waals surface area contributed by atoms with Gasteiger partial charge in [-0.1, -0.05) is 18.2 Å². The minimum Gasteiger partial charge on any atom is -0.507 e. The minimum absolute atomic E-state index is 0.0326. The number of Topliss-reactive ketones (excluding diaryl/α,β-unsaturated/α-hetero) is 1. The molecule has 1 amide bonds. The quantitative estimate of drug-likeness (QED) is 0.270. The molecule has 1 N–H and O–H groups in total. The van der Waals surface area contributed by atoms with Gasteiger partial charge in [-0.15, -0.1) is 0 Å². The highest BCUT2D eigenvalue weighted by Crippen LogP contribution is 2.41. The summed E-state index contributed by atoms with van der Waals surface area (Å²) >= 11 is 0. The number of esters is 1. The molecule has 1 saturated heterocycles. The highest BCUT2D eigenvalue weighted by atomic mass is 16.5. The summed E-state index contributed by atoms with van der Waals surface area (Å²) in [7, 11) is 0. The van der Waals surface area contributed by atoms with E-state index < -0.39 is 17.7 Å². The van der Waals surface area contributed by atoms with Crippen LogP contribution in [0.4, 0.5) is 5.69 Å². The van der Waals surface area contributed by atoms with Crippen molar-refractivity contribution < 1.29 is 24.2 Å². The molecule has 8 nitrogen and oxygen atoms in total. The standard InChI is InChI=1S/C25H21N3O5/c1-2-33-20(29)14-16-5-7-19(8-6-16)28-22(18-4-3-11-27-15-18)21(24(31)25(28)32)23(30)17-9-12-26-13-10-17/h3-13,15,22,30H,2,14H2,1H3/b23-21-. The molecule has 0 bridgehead atoms. The maximum absolute atomic E-state index is 13.1. The van der Waals surface area contributed by atoms with E-state index in [-0.39, 0.29) is 23.7 Å². The number of aliphatic hydroxyl groups is 1. The van der Waals surface area contributed by atoms with Crippen LogP contribution >= 0.6 is 0 Å². The van der Waals surface area contributed by atoms with Crippen LogP contribution in [0.5, 0.6) is 0 Å². The molecule has 1 aliphatic rings. The zero-order chi connectivity index (χ0) is 23.4. The van der Waals surface area contributed by atoms with Gasteiger partial charge >= 0.3 is 5.97 Å². The first-order valence-electron chi connectivity index (χ1n) is 10.4. The summed E-state index contributed by atoms with van der Waals surface area (Å²) in [5.41, 5.74) is 2.08. The number of aliphatic hydroxyl groups excluding tert-OH is 1. The Labute approximate surface area is 190 Å². The third-order valence-corrected chi connectivity index (χ3v) is 5.27. The van der Waals surface area contributed by atoms with Gasteiger partial charge in [0.2, 0.25) is 0 Å². The van der Waals surface area contributed by atoms with Gasteiger partial charge in [-0.25, -0.2) is 0 Å². The Kier molecular flexibility index (Phi) is 6.26. The van der Waals surface area contributed by atoms with Crippen LogP contribution in [-0.2, 0) is 25.5 Å². The third kappa shape index (κ3) is 4.36. The molecule has 3 aromatic rings. The van der Waals surface area contributed by atoms with Gasteiger partial charge in [-0.2, -0.15) is 0 Å². The second-order valence-electron chi connectivity index (χ2n) is 7.34. The smallest absolute Gasteiger partial charge is 0.310 e. The molecule has 1 aliphatic heterocycles. The topological polar surface area (TPSA) is 110 Å². The number of pyridine rings is 2. The van der Waals surface area contributed by atoms with E-state index in [2.05, 4.69) is 9.97 Å². The Balaban J connectivity index is 1.78. The lowest BCUT2D eigenvalue weighted by atomic mass is 9.96. The molecule has 8 heteroatoms. The van der Waals surface area contributed by atoms with Crippen LogP contribution < -0.4 is 4.90 Å². The fraction of sp³-hybridized carbons (Fsp3) is 0.160. The summed E-state index contributed by atoms with van der Waals surface area (Å²) in [6.07, 6.45) is 6.22. The molecule has 0 aliphatic carbocycles. The van der Waals surface area contributed by atoms with E-state index in [0.29, 0.717) is 29.0 Å². The maximum Gasteiger partial charge on any atom is 0.310 e. The number of rotatable bonds is 6. The predicted molar refractivity (Wildman–Crippen MR) is 120 cm³/mol. The fourth-order valence-electron chi connectivity index (χ4n) is 3.77. The Bertz CT molecular complexity index is 1210. The van der Waals surface area contributed by atoms with Gasteiger partial charge < -0.3 is 9.84 Å². The number of benzene rings is 1. The summed E-state index contributed by atoms with van der Waals surface area (Å²) in [6, 6.07) is 12.4. The second kappa shape index (κ2) is 9.44. The van der Waals surface area contributed by atoms with E-state index >= 15 is 0 Å². The second-order valence-corrected chi connectivity index (χ2v) is 7.34. The highest BCUT2D eigenvalue weighted by molar-refractivity contribution is 6.51. The number of carbonyl (C=O) groups excluding carboxylic acids is 3. The Hall–Kier alpha value is -4.33. The summed E-state index contributed by atoms with van der Waals surface area (Å²) in [5, 5.41) is 11.0. The van der Waals surface area contributed by atoms with Crippen LogP contribution in [0.1, 0.15) is 29.7 Å². The number of anilines is 1. The van der Waals surface area contributed by atoms with Crippen molar-refractivity contribution in [1.82, 2.24) is 9.97 Å². The minimum atomic E-state index is -0.872. The third-order valence-electron chi connectivity index (χ3n) is 5.27. The number of nitrogens with zero attached hydrogens (tertiary/aromatic N) is 3. The van der Waals surface area contributed by atoms with E-state index in [9.17, 15) is 19.5 Å². The zero-order valence-corrected chi connectivity index (χ0v) is 17.8. The molecule has 1 unspecified atom stereocenters. The molecule has 0 saturated carbocycles. The number of amides is 1. The number of hydrogen-bond donors (Lipinski definition) is 1. The number of carbonyl (C=O) groups is 3. The van der Waals surface area contributed by atoms with Crippen LogP contribution in [0.15, 0.2) is 78.9 Å². The van der Waals surface area contributed by atoms with Crippen molar-refractivity contribution in [2.75, 3.05) is 11.5 Å². The summed E-state index contributed by atoms with van der Waals surface area (Å²) in [4.78, 5) is 47.3. The van der Waals surface area contributed by atoms with Crippen molar-refractivity contribution in [1.29, 1.82) is 0 Å². The molecule has 2 aromatic heterocycles. The summed E-state index contributed by atoms with van der Waals surface area (Å²) in [6.45, 7) is 2.03. The van der Waals surface area contributed by atoms with Crippen LogP contribution in [0, 0.1) is 0 Å². The van der Waals surface area contributed by atoms with Crippen molar-refractivity contribution in [3.63, 3.8) is 0 Å². The van der Waals surface area contributed by atoms with E-state index in [1.807, 2.05) is 0 Å². The van der Waals surface area contributed by atoms with Gasteiger partial charge in [-0.3, -0.25) is 29.3 Å². The van der Waals surface area contributed by atoms with Crippen molar-refractivity contribution in [2.45, 2.75) is 19.4 Å². The largest absolute Gasteiger partial charge is 0.507 e. The van der Waals surface area contributed by atoms with Gasteiger partial charge in [0, 0.05) is 36.0 Å². The normalized spacial score (nSPS) is 17.2. The monoisotopic (exact) mass is 443 g/mol. The number of hydrogen-bond acceptors (Lipinski definition) is 7. The molecule has 3 heterocycles. The molecule has 0 radical (unpaired) electrons. The highest BCUT2D eigenvalue weighted by Gasteiger charge is 2.47. The molecule has 4 rings (SSSR count). The van der Waals surface area contributed by atoms with Gasteiger partial charge in [-0.05, 0) is 48.4 Å². The van der Waals surface area contributed by atoms with Crippen molar-refractivity contribution in [2.24, 2.45) is 0 Å². The molecule has 33 heavy (non-hydrogen) atoms. The van der Waals surface area contributed by atoms with Crippen molar-refractivity contribution in [3.05, 3.63) is 95.6 Å². The average Bonchev–Trinajstić information content (AvgIpc) is 3.11. The maximum atomic E-state index is 13.1. The number of ether oxygens (including phenoxy) is 1. The molecular formula is C25H21N3O5. The molecular weight excluding hydrogens is 422 g/mol. The Morgan fingerprint density at radius 2 is 1.76 bits per heavy atom. The number of ketones is 1. The zero-order valence-electron chi connectivity index (χ0n) is 17.8. The summed E-state index contributed by atoms with van der Waals surface area (Å²) in [5.74, 6) is -2.20. The molecule has 1 fully saturated rings. The van der Waals surface area contributed by atoms with Gasteiger partial charge in [0.15, 0.2) is 0 Å². The molecule has 1 atom stereocenters. The van der Waals surface area contributed by atoms with Crippen LogP contribution in [-0.4, -0.2) is 39.3 Å². The van der Waals surface area contributed by atoms with Crippen LogP contribution in [0.2, 0.25) is 0 Å². The summed E-state index contributed by atoms with van der Waals surface area (Å²) < 4.78 is 4.97.